The minimum atomic E-state index is 0.268. The highest BCUT2D eigenvalue weighted by Gasteiger charge is 2.02. The van der Waals surface area contributed by atoms with E-state index in [9.17, 15) is 4.79 Å². The fourth-order valence-electron chi connectivity index (χ4n) is 1.99. The zero-order chi connectivity index (χ0) is 12.9. The summed E-state index contributed by atoms with van der Waals surface area (Å²) >= 11 is 0. The molecule has 0 fully saturated rings. The molecule has 0 bridgehead atoms. The van der Waals surface area contributed by atoms with E-state index in [0.29, 0.717) is 0 Å². The molecule has 0 unspecified atom stereocenters. The summed E-state index contributed by atoms with van der Waals surface area (Å²) in [5.74, 6) is 0.268. The second-order valence-electron chi connectivity index (χ2n) is 5.22. The molecule has 0 aromatic heterocycles. The van der Waals surface area contributed by atoms with E-state index >= 15 is 0 Å². The SMILES string of the molecule is CCCCCCCCCCCCC(=O)N(C)C. The fourth-order valence-corrected chi connectivity index (χ4v) is 1.99. The minimum absolute atomic E-state index is 0.268. The smallest absolute Gasteiger partial charge is 0.222 e. The van der Waals surface area contributed by atoms with Gasteiger partial charge in [-0.2, -0.15) is 0 Å². The van der Waals surface area contributed by atoms with Gasteiger partial charge in [-0.1, -0.05) is 64.7 Å². The summed E-state index contributed by atoms with van der Waals surface area (Å²) in [7, 11) is 3.66. The van der Waals surface area contributed by atoms with Crippen LogP contribution in [0, 0.1) is 0 Å². The van der Waals surface area contributed by atoms with Gasteiger partial charge in [-0.05, 0) is 6.42 Å². The van der Waals surface area contributed by atoms with Crippen LogP contribution < -0.4 is 0 Å². The van der Waals surface area contributed by atoms with Crippen molar-refractivity contribution in [3.8, 4) is 0 Å². The van der Waals surface area contributed by atoms with Crippen LogP contribution in [0.25, 0.3) is 0 Å². The molecule has 2 heteroatoms. The number of hydrogen-bond donors (Lipinski definition) is 0. The Hall–Kier alpha value is -0.530. The maximum atomic E-state index is 11.3. The standard InChI is InChI=1S/C15H31NO/c1-4-5-6-7-8-9-10-11-12-13-14-15(17)16(2)3/h4-14H2,1-3H3. The van der Waals surface area contributed by atoms with Gasteiger partial charge in [0.25, 0.3) is 0 Å². The largest absolute Gasteiger partial charge is 0.349 e. The lowest BCUT2D eigenvalue weighted by atomic mass is 10.1. The van der Waals surface area contributed by atoms with E-state index in [4.69, 9.17) is 0 Å². The molecule has 0 aliphatic carbocycles. The van der Waals surface area contributed by atoms with Gasteiger partial charge in [-0.3, -0.25) is 4.79 Å². The van der Waals surface area contributed by atoms with Crippen LogP contribution in [0.3, 0.4) is 0 Å². The van der Waals surface area contributed by atoms with Gasteiger partial charge in [0.1, 0.15) is 0 Å². The molecule has 0 N–H and O–H groups in total. The molecule has 0 atom stereocenters. The van der Waals surface area contributed by atoms with Gasteiger partial charge < -0.3 is 4.90 Å². The molecule has 0 saturated carbocycles. The molecule has 0 spiro atoms. The third-order valence-electron chi connectivity index (χ3n) is 3.24. The van der Waals surface area contributed by atoms with Crippen molar-refractivity contribution in [2.45, 2.75) is 77.6 Å². The molecule has 0 saturated heterocycles. The van der Waals surface area contributed by atoms with E-state index in [1.165, 1.54) is 57.8 Å². The van der Waals surface area contributed by atoms with Gasteiger partial charge in [-0.25, -0.2) is 0 Å². The third kappa shape index (κ3) is 11.7. The second-order valence-corrected chi connectivity index (χ2v) is 5.22. The summed E-state index contributed by atoms with van der Waals surface area (Å²) in [6, 6.07) is 0. The van der Waals surface area contributed by atoms with Crippen LogP contribution in [-0.2, 0) is 4.79 Å². The van der Waals surface area contributed by atoms with Crippen molar-refractivity contribution in [1.82, 2.24) is 4.90 Å². The highest BCUT2D eigenvalue weighted by Crippen LogP contribution is 2.11. The van der Waals surface area contributed by atoms with Gasteiger partial charge >= 0.3 is 0 Å². The Bertz CT molecular complexity index is 178. The molecule has 0 aliphatic heterocycles. The molecule has 2 nitrogen and oxygen atoms in total. The molecule has 0 aliphatic rings. The van der Waals surface area contributed by atoms with Crippen molar-refractivity contribution in [3.05, 3.63) is 0 Å². The summed E-state index contributed by atoms with van der Waals surface area (Å²) in [5, 5.41) is 0. The van der Waals surface area contributed by atoms with E-state index in [0.717, 1.165) is 12.8 Å². The van der Waals surface area contributed by atoms with Crippen LogP contribution in [0.2, 0.25) is 0 Å². The predicted octanol–water partition coefficient (Wildman–Crippen LogP) is 4.39. The van der Waals surface area contributed by atoms with Crippen LogP contribution in [0.4, 0.5) is 0 Å². The first-order valence-electron chi connectivity index (χ1n) is 7.38. The molecule has 17 heavy (non-hydrogen) atoms. The van der Waals surface area contributed by atoms with Crippen molar-refractivity contribution < 1.29 is 4.79 Å². The Morgan fingerprint density at radius 1 is 0.765 bits per heavy atom. The van der Waals surface area contributed by atoms with Gasteiger partial charge in [0.05, 0.1) is 0 Å². The monoisotopic (exact) mass is 241 g/mol. The van der Waals surface area contributed by atoms with Crippen molar-refractivity contribution >= 4 is 5.91 Å². The van der Waals surface area contributed by atoms with E-state index in [-0.39, 0.29) is 5.91 Å². The highest BCUT2D eigenvalue weighted by atomic mass is 16.2. The summed E-state index contributed by atoms with van der Waals surface area (Å²) in [6.45, 7) is 2.26. The molecule has 0 heterocycles. The number of rotatable bonds is 11. The quantitative estimate of drug-likeness (QED) is 0.491. The van der Waals surface area contributed by atoms with E-state index in [1.807, 2.05) is 14.1 Å². The van der Waals surface area contributed by atoms with E-state index in [1.54, 1.807) is 4.90 Å². The van der Waals surface area contributed by atoms with E-state index in [2.05, 4.69) is 6.92 Å². The number of carbonyl (C=O) groups excluding carboxylic acids is 1. The number of unbranched alkanes of at least 4 members (excludes halogenated alkanes) is 9. The van der Waals surface area contributed by atoms with Gasteiger partial charge in [0.15, 0.2) is 0 Å². The molecular formula is C15H31NO. The van der Waals surface area contributed by atoms with Crippen LogP contribution in [-0.4, -0.2) is 24.9 Å². The molecule has 1 amide bonds. The van der Waals surface area contributed by atoms with Crippen LogP contribution in [0.1, 0.15) is 77.6 Å². The Morgan fingerprint density at radius 3 is 1.59 bits per heavy atom. The second kappa shape index (κ2) is 11.9. The lowest BCUT2D eigenvalue weighted by Crippen LogP contribution is -2.20. The van der Waals surface area contributed by atoms with Crippen LogP contribution in [0.5, 0.6) is 0 Å². The Balaban J connectivity index is 3.06. The van der Waals surface area contributed by atoms with Crippen molar-refractivity contribution in [2.24, 2.45) is 0 Å². The summed E-state index contributed by atoms with van der Waals surface area (Å²) in [5.41, 5.74) is 0. The molecule has 0 rings (SSSR count). The number of amides is 1. The minimum Gasteiger partial charge on any atom is -0.349 e. The molecular weight excluding hydrogens is 210 g/mol. The topological polar surface area (TPSA) is 20.3 Å². The summed E-state index contributed by atoms with van der Waals surface area (Å²) in [6.07, 6.45) is 14.0. The molecule has 102 valence electrons. The zero-order valence-electron chi connectivity index (χ0n) is 12.1. The average Bonchev–Trinajstić information content (AvgIpc) is 2.31. The Kier molecular flexibility index (Phi) is 11.6. The van der Waals surface area contributed by atoms with Gasteiger partial charge in [0, 0.05) is 20.5 Å². The average molecular weight is 241 g/mol. The maximum absolute atomic E-state index is 11.3. The Morgan fingerprint density at radius 2 is 1.18 bits per heavy atom. The normalized spacial score (nSPS) is 10.5. The predicted molar refractivity (Wildman–Crippen MR) is 75.2 cm³/mol. The molecule has 0 aromatic rings. The Labute approximate surface area is 108 Å². The summed E-state index contributed by atoms with van der Waals surface area (Å²) < 4.78 is 0. The van der Waals surface area contributed by atoms with Gasteiger partial charge in [0.2, 0.25) is 5.91 Å². The van der Waals surface area contributed by atoms with Crippen molar-refractivity contribution in [2.75, 3.05) is 14.1 Å². The lowest BCUT2D eigenvalue weighted by Gasteiger charge is -2.09. The first kappa shape index (κ1) is 16.5. The maximum Gasteiger partial charge on any atom is 0.222 e. The number of nitrogens with zero attached hydrogens (tertiary/aromatic N) is 1. The molecule has 0 aromatic carbocycles. The van der Waals surface area contributed by atoms with Crippen LogP contribution in [0.15, 0.2) is 0 Å². The van der Waals surface area contributed by atoms with Crippen LogP contribution >= 0.6 is 0 Å². The molecule has 0 radical (unpaired) electrons. The summed E-state index contributed by atoms with van der Waals surface area (Å²) in [4.78, 5) is 13.0. The first-order valence-corrected chi connectivity index (χ1v) is 7.38. The van der Waals surface area contributed by atoms with Gasteiger partial charge in [-0.15, -0.1) is 0 Å². The first-order chi connectivity index (χ1) is 8.18. The van der Waals surface area contributed by atoms with Crippen molar-refractivity contribution in [3.63, 3.8) is 0 Å². The number of carbonyl (C=O) groups is 1. The lowest BCUT2D eigenvalue weighted by molar-refractivity contribution is -0.128. The van der Waals surface area contributed by atoms with Crippen molar-refractivity contribution in [1.29, 1.82) is 0 Å². The number of hydrogen-bond acceptors (Lipinski definition) is 1. The highest BCUT2D eigenvalue weighted by molar-refractivity contribution is 5.75. The third-order valence-corrected chi connectivity index (χ3v) is 3.24. The van der Waals surface area contributed by atoms with E-state index < -0.39 is 0 Å². The zero-order valence-corrected chi connectivity index (χ0v) is 12.1. The fraction of sp³-hybridized carbons (Fsp3) is 0.933.